The van der Waals surface area contributed by atoms with Crippen molar-refractivity contribution in [2.45, 2.75) is 33.7 Å². The summed E-state index contributed by atoms with van der Waals surface area (Å²) >= 11 is 0.916. The molecule has 2 heterocycles. The zero-order chi connectivity index (χ0) is 31.3. The molecule has 1 aliphatic heterocycles. The molecular formula is C32H34N2O8S. The summed E-state index contributed by atoms with van der Waals surface area (Å²) in [6, 6.07) is 10.5. The molecule has 0 radical (unpaired) electrons. The Balaban J connectivity index is 1.86. The molecule has 1 N–H and O–H groups in total. The Kier molecular flexibility index (Phi) is 9.87. The lowest BCUT2D eigenvalue weighted by Crippen LogP contribution is -2.29. The average molecular weight is 607 g/mol. The second-order valence-corrected chi connectivity index (χ2v) is 11.0. The fourth-order valence-corrected chi connectivity index (χ4v) is 5.46. The Morgan fingerprint density at radius 2 is 1.86 bits per heavy atom. The standard InChI is InChI=1S/C32H34N2O8S/c1-7-15-41-31(38)29-19(5)33-32(43-29)34-26(21-11-14-23(40-8-2)24(16-21)39-6)25(28(36)30(34)37)27(35)20-9-12-22(13-10-20)42-17-18(3)4/h7,9-14,16,18,26,35H,1,8,15,17H2,2-6H3/b27-25+. The van der Waals surface area contributed by atoms with Crippen LogP contribution in [0.15, 0.2) is 60.7 Å². The van der Waals surface area contributed by atoms with Gasteiger partial charge in [0.15, 0.2) is 16.6 Å². The fraction of sp³-hybridized carbons (Fsp3) is 0.312. The zero-order valence-corrected chi connectivity index (χ0v) is 25.5. The monoisotopic (exact) mass is 606 g/mol. The molecule has 226 valence electrons. The minimum absolute atomic E-state index is 0.00327. The molecule has 10 nitrogen and oxygen atoms in total. The molecule has 1 amide bonds. The summed E-state index contributed by atoms with van der Waals surface area (Å²) in [5, 5.41) is 11.6. The Hall–Kier alpha value is -4.64. The summed E-state index contributed by atoms with van der Waals surface area (Å²) in [7, 11) is 1.48. The molecule has 0 aliphatic carbocycles. The highest BCUT2D eigenvalue weighted by Gasteiger charge is 2.48. The second kappa shape index (κ2) is 13.6. The molecule has 1 saturated heterocycles. The maximum absolute atomic E-state index is 13.6. The minimum Gasteiger partial charge on any atom is -0.507 e. The zero-order valence-electron chi connectivity index (χ0n) is 24.7. The van der Waals surface area contributed by atoms with Crippen LogP contribution in [0.3, 0.4) is 0 Å². The van der Waals surface area contributed by atoms with Gasteiger partial charge in [-0.3, -0.25) is 14.5 Å². The maximum atomic E-state index is 13.6. The van der Waals surface area contributed by atoms with E-state index < -0.39 is 23.7 Å². The van der Waals surface area contributed by atoms with Gasteiger partial charge in [-0.25, -0.2) is 9.78 Å². The Labute approximate surface area is 254 Å². The number of esters is 1. The van der Waals surface area contributed by atoms with E-state index in [9.17, 15) is 19.5 Å². The number of aryl methyl sites for hydroxylation is 1. The lowest BCUT2D eigenvalue weighted by Gasteiger charge is -2.24. The van der Waals surface area contributed by atoms with E-state index in [-0.39, 0.29) is 27.9 Å². The van der Waals surface area contributed by atoms with Crippen molar-refractivity contribution < 1.29 is 38.4 Å². The molecule has 4 rings (SSSR count). The van der Waals surface area contributed by atoms with E-state index in [0.29, 0.717) is 53.2 Å². The van der Waals surface area contributed by atoms with Gasteiger partial charge in [0, 0.05) is 5.56 Å². The number of benzene rings is 2. The molecule has 1 unspecified atom stereocenters. The highest BCUT2D eigenvalue weighted by atomic mass is 32.1. The summed E-state index contributed by atoms with van der Waals surface area (Å²) in [6.45, 7) is 12.0. The predicted octanol–water partition coefficient (Wildman–Crippen LogP) is 5.86. The van der Waals surface area contributed by atoms with Gasteiger partial charge in [-0.2, -0.15) is 0 Å². The van der Waals surface area contributed by atoms with Crippen molar-refractivity contribution in [3.63, 3.8) is 0 Å². The summed E-state index contributed by atoms with van der Waals surface area (Å²) in [5.41, 5.74) is 0.968. The number of aromatic nitrogens is 1. The smallest absolute Gasteiger partial charge is 0.350 e. The summed E-state index contributed by atoms with van der Waals surface area (Å²) in [5.74, 6) is -1.03. The lowest BCUT2D eigenvalue weighted by molar-refractivity contribution is -0.132. The lowest BCUT2D eigenvalue weighted by atomic mass is 9.95. The van der Waals surface area contributed by atoms with Crippen LogP contribution in [0.2, 0.25) is 0 Å². The molecule has 3 aromatic rings. The van der Waals surface area contributed by atoms with E-state index in [1.54, 1.807) is 49.4 Å². The van der Waals surface area contributed by atoms with Crippen LogP contribution in [-0.2, 0) is 14.3 Å². The number of amides is 1. The molecule has 0 bridgehead atoms. The second-order valence-electron chi connectivity index (χ2n) is 10.0. The number of carbonyl (C=O) groups excluding carboxylic acids is 3. The van der Waals surface area contributed by atoms with Crippen LogP contribution in [0.1, 0.15) is 53.3 Å². The molecule has 0 saturated carbocycles. The average Bonchev–Trinajstić information content (AvgIpc) is 3.51. The number of aliphatic hydroxyl groups excluding tert-OH is 1. The van der Waals surface area contributed by atoms with Gasteiger partial charge >= 0.3 is 11.9 Å². The van der Waals surface area contributed by atoms with Crippen molar-refractivity contribution in [3.8, 4) is 17.2 Å². The highest BCUT2D eigenvalue weighted by Crippen LogP contribution is 2.45. The first-order valence-electron chi connectivity index (χ1n) is 13.7. The number of Topliss-reactive ketones (excluding diaryl/α,β-unsaturated/α-hetero) is 1. The van der Waals surface area contributed by atoms with Gasteiger partial charge in [-0.05, 0) is 61.7 Å². The predicted molar refractivity (Wildman–Crippen MR) is 163 cm³/mol. The van der Waals surface area contributed by atoms with Crippen molar-refractivity contribution >= 4 is 39.9 Å². The Morgan fingerprint density at radius 3 is 2.49 bits per heavy atom. The van der Waals surface area contributed by atoms with Gasteiger partial charge in [0.1, 0.15) is 23.0 Å². The number of aliphatic hydroxyl groups is 1. The number of hydrogen-bond acceptors (Lipinski definition) is 10. The first-order valence-corrected chi connectivity index (χ1v) is 14.5. The van der Waals surface area contributed by atoms with E-state index in [2.05, 4.69) is 11.6 Å². The topological polar surface area (TPSA) is 124 Å². The molecule has 1 atom stereocenters. The molecule has 1 fully saturated rings. The summed E-state index contributed by atoms with van der Waals surface area (Å²) < 4.78 is 22.1. The highest BCUT2D eigenvalue weighted by molar-refractivity contribution is 7.17. The third-order valence-electron chi connectivity index (χ3n) is 6.47. The van der Waals surface area contributed by atoms with E-state index in [0.717, 1.165) is 11.3 Å². The van der Waals surface area contributed by atoms with E-state index in [1.165, 1.54) is 18.1 Å². The molecular weight excluding hydrogens is 572 g/mol. The fourth-order valence-electron chi connectivity index (χ4n) is 4.48. The van der Waals surface area contributed by atoms with Gasteiger partial charge in [0.05, 0.1) is 37.6 Å². The summed E-state index contributed by atoms with van der Waals surface area (Å²) in [4.78, 5) is 45.7. The van der Waals surface area contributed by atoms with Crippen LogP contribution in [-0.4, -0.2) is 54.7 Å². The molecule has 43 heavy (non-hydrogen) atoms. The number of nitrogens with zero attached hydrogens (tertiary/aromatic N) is 2. The number of methoxy groups -OCH3 is 1. The summed E-state index contributed by atoms with van der Waals surface area (Å²) in [6.07, 6.45) is 1.44. The third kappa shape index (κ3) is 6.56. The number of hydrogen-bond donors (Lipinski definition) is 1. The first kappa shape index (κ1) is 31.3. The number of carbonyl (C=O) groups is 3. The number of thiazole rings is 1. The van der Waals surface area contributed by atoms with Gasteiger partial charge in [-0.15, -0.1) is 0 Å². The van der Waals surface area contributed by atoms with Crippen molar-refractivity contribution in [1.29, 1.82) is 0 Å². The molecule has 0 spiro atoms. The number of ether oxygens (including phenoxy) is 4. The Bertz CT molecular complexity index is 1560. The van der Waals surface area contributed by atoms with Crippen molar-refractivity contribution in [2.24, 2.45) is 5.92 Å². The SMILES string of the molecule is C=CCOC(=O)c1sc(N2C(=O)C(=O)/C(=C(/O)c3ccc(OCC(C)C)cc3)C2c2ccc(OCC)c(OC)c2)nc1C. The normalized spacial score (nSPS) is 16.0. The van der Waals surface area contributed by atoms with Crippen molar-refractivity contribution in [1.82, 2.24) is 4.98 Å². The van der Waals surface area contributed by atoms with E-state index in [4.69, 9.17) is 18.9 Å². The molecule has 2 aromatic carbocycles. The van der Waals surface area contributed by atoms with Gasteiger partial charge < -0.3 is 24.1 Å². The Morgan fingerprint density at radius 1 is 1.14 bits per heavy atom. The quantitative estimate of drug-likeness (QED) is 0.0887. The molecule has 11 heteroatoms. The van der Waals surface area contributed by atoms with E-state index in [1.807, 2.05) is 20.8 Å². The van der Waals surface area contributed by atoms with Crippen LogP contribution >= 0.6 is 11.3 Å². The first-order chi connectivity index (χ1) is 20.6. The van der Waals surface area contributed by atoms with Crippen LogP contribution in [0, 0.1) is 12.8 Å². The van der Waals surface area contributed by atoms with Crippen molar-refractivity contribution in [3.05, 3.63) is 82.4 Å². The van der Waals surface area contributed by atoms with E-state index >= 15 is 0 Å². The van der Waals surface area contributed by atoms with Crippen LogP contribution in [0.4, 0.5) is 5.13 Å². The number of ketones is 1. The van der Waals surface area contributed by atoms with Gasteiger partial charge in [0.25, 0.3) is 5.78 Å². The van der Waals surface area contributed by atoms with Crippen molar-refractivity contribution in [2.75, 3.05) is 31.8 Å². The van der Waals surface area contributed by atoms with Gasteiger partial charge in [0.2, 0.25) is 0 Å². The maximum Gasteiger partial charge on any atom is 0.350 e. The van der Waals surface area contributed by atoms with Crippen LogP contribution in [0.25, 0.3) is 5.76 Å². The molecule has 1 aromatic heterocycles. The third-order valence-corrected chi connectivity index (χ3v) is 7.60. The van der Waals surface area contributed by atoms with Crippen LogP contribution < -0.4 is 19.1 Å². The van der Waals surface area contributed by atoms with Gasteiger partial charge in [-0.1, -0.05) is 43.9 Å². The number of rotatable bonds is 12. The minimum atomic E-state index is -1.09. The largest absolute Gasteiger partial charge is 0.507 e. The number of anilines is 1. The molecule has 1 aliphatic rings. The van der Waals surface area contributed by atoms with Crippen LogP contribution in [0.5, 0.6) is 17.2 Å².